The molecular weight excluding hydrogens is 583 g/mol. The third-order valence-corrected chi connectivity index (χ3v) is 7.90. The van der Waals surface area contributed by atoms with E-state index in [-0.39, 0.29) is 30.6 Å². The molecule has 0 aliphatic carbocycles. The van der Waals surface area contributed by atoms with E-state index in [2.05, 4.69) is 118 Å². The van der Waals surface area contributed by atoms with Gasteiger partial charge in [0, 0.05) is 79.3 Å². The average molecular weight is 619 g/mol. The fourth-order valence-corrected chi connectivity index (χ4v) is 5.91. The van der Waals surface area contributed by atoms with E-state index in [0.717, 1.165) is 39.3 Å². The highest BCUT2D eigenvalue weighted by atomic mass is 127. The number of piperazine rings is 1. The van der Waals surface area contributed by atoms with Crippen molar-refractivity contribution in [2.75, 3.05) is 44.2 Å². The predicted molar refractivity (Wildman–Crippen MR) is 155 cm³/mol. The number of β-amino-alcohol motifs (C(OH)–C–C–N with tert-alkyl or cyclic N) is 1. The Kier molecular flexibility index (Phi) is 8.02. The zero-order valence-corrected chi connectivity index (χ0v) is 24.3. The SMILES string of the molecule is CCn1c2ccccc2c2cc(/C=C/c3cc(N4CCN(CCO)CC4)c4ccccc4[n+]3C)ccc21.[I-]. The first-order valence-electron chi connectivity index (χ1n) is 13.4. The van der Waals surface area contributed by atoms with Gasteiger partial charge in [-0.3, -0.25) is 4.90 Å². The molecule has 0 saturated carbocycles. The third-order valence-electron chi connectivity index (χ3n) is 7.90. The summed E-state index contributed by atoms with van der Waals surface area (Å²) < 4.78 is 4.69. The van der Waals surface area contributed by atoms with E-state index in [1.807, 2.05) is 0 Å². The Bertz CT molecular complexity index is 1620. The molecule has 1 N–H and O–H groups in total. The molecule has 0 unspecified atom stereocenters. The van der Waals surface area contributed by atoms with Crippen molar-refractivity contribution in [1.82, 2.24) is 9.47 Å². The molecule has 1 fully saturated rings. The van der Waals surface area contributed by atoms with Gasteiger partial charge in [0.15, 0.2) is 0 Å². The van der Waals surface area contributed by atoms with E-state index in [0.29, 0.717) is 0 Å². The minimum atomic E-state index is 0. The van der Waals surface area contributed by atoms with Gasteiger partial charge in [-0.2, -0.15) is 4.57 Å². The van der Waals surface area contributed by atoms with Gasteiger partial charge in [-0.15, -0.1) is 0 Å². The van der Waals surface area contributed by atoms with Crippen LogP contribution in [0, 0.1) is 0 Å². The molecule has 38 heavy (non-hydrogen) atoms. The van der Waals surface area contributed by atoms with Crippen molar-refractivity contribution in [3.63, 3.8) is 0 Å². The van der Waals surface area contributed by atoms with E-state index in [9.17, 15) is 5.11 Å². The number of benzene rings is 3. The maximum Gasteiger partial charge on any atom is 0.214 e. The number of hydrogen-bond acceptors (Lipinski definition) is 3. The fourth-order valence-electron chi connectivity index (χ4n) is 5.91. The molecule has 1 saturated heterocycles. The number of hydrogen-bond donors (Lipinski definition) is 1. The monoisotopic (exact) mass is 618 g/mol. The Labute approximate surface area is 241 Å². The zero-order valence-electron chi connectivity index (χ0n) is 22.1. The molecule has 6 heteroatoms. The van der Waals surface area contributed by atoms with Crippen LogP contribution >= 0.6 is 0 Å². The second-order valence-corrected chi connectivity index (χ2v) is 9.95. The van der Waals surface area contributed by atoms with Gasteiger partial charge >= 0.3 is 0 Å². The molecule has 0 radical (unpaired) electrons. The molecule has 1 aliphatic rings. The van der Waals surface area contributed by atoms with E-state index in [4.69, 9.17) is 0 Å². The van der Waals surface area contributed by atoms with Gasteiger partial charge in [-0.25, -0.2) is 0 Å². The molecule has 3 aromatic carbocycles. The lowest BCUT2D eigenvalue weighted by atomic mass is 10.1. The highest BCUT2D eigenvalue weighted by molar-refractivity contribution is 6.08. The number of rotatable bonds is 6. The number of fused-ring (bicyclic) bond motifs is 4. The molecule has 3 heterocycles. The minimum absolute atomic E-state index is 0. The standard InChI is InChI=1S/C32H35N4O.HI/c1-3-36-30-11-7-4-8-26(30)28-22-24(13-15-31(28)36)12-14-25-23-32(27-9-5-6-10-29(27)33(25)2)35-18-16-34(17-19-35)20-21-37;/h4-15,22-23,37H,3,16-21H2,1-2H3;1H/q+1;/p-1. The van der Waals surface area contributed by atoms with Gasteiger partial charge in [0.1, 0.15) is 7.05 Å². The van der Waals surface area contributed by atoms with Crippen molar-refractivity contribution < 1.29 is 33.7 Å². The fraction of sp³-hybridized carbons (Fsp3) is 0.281. The van der Waals surface area contributed by atoms with Crippen molar-refractivity contribution >= 4 is 50.5 Å². The summed E-state index contributed by atoms with van der Waals surface area (Å²) >= 11 is 0. The lowest BCUT2D eigenvalue weighted by Crippen LogP contribution is -3.00. The minimum Gasteiger partial charge on any atom is -1.00 e. The summed E-state index contributed by atoms with van der Waals surface area (Å²) in [6.45, 7) is 8.06. The van der Waals surface area contributed by atoms with Gasteiger partial charge in [0.05, 0.1) is 17.7 Å². The largest absolute Gasteiger partial charge is 1.00 e. The van der Waals surface area contributed by atoms with Crippen LogP contribution in [0.2, 0.25) is 0 Å². The van der Waals surface area contributed by atoms with Crippen LogP contribution in [0.1, 0.15) is 18.2 Å². The predicted octanol–water partition coefficient (Wildman–Crippen LogP) is 2.08. The molecule has 5 nitrogen and oxygen atoms in total. The number of pyridine rings is 1. The Hall–Kier alpha value is -2.94. The van der Waals surface area contributed by atoms with Gasteiger partial charge in [-0.1, -0.05) is 36.4 Å². The van der Waals surface area contributed by atoms with Gasteiger partial charge < -0.3 is 38.6 Å². The molecule has 0 bridgehead atoms. The smallest absolute Gasteiger partial charge is 0.214 e. The number of halogens is 1. The normalized spacial score (nSPS) is 14.7. The number of aromatic nitrogens is 2. The summed E-state index contributed by atoms with van der Waals surface area (Å²) in [4.78, 5) is 4.84. The Morgan fingerprint density at radius 3 is 2.29 bits per heavy atom. The number of aliphatic hydroxyl groups is 1. The van der Waals surface area contributed by atoms with E-state index < -0.39 is 0 Å². The molecule has 196 valence electrons. The molecule has 5 aromatic rings. The summed E-state index contributed by atoms with van der Waals surface area (Å²) in [7, 11) is 2.16. The molecule has 0 spiro atoms. The van der Waals surface area contributed by atoms with E-state index >= 15 is 0 Å². The van der Waals surface area contributed by atoms with Crippen molar-refractivity contribution in [3.05, 3.63) is 84.1 Å². The van der Waals surface area contributed by atoms with Gasteiger partial charge in [-0.05, 0) is 42.8 Å². The van der Waals surface area contributed by atoms with Crippen LogP contribution in [0.4, 0.5) is 5.69 Å². The highest BCUT2D eigenvalue weighted by Crippen LogP contribution is 2.31. The van der Waals surface area contributed by atoms with Crippen LogP contribution in [0.3, 0.4) is 0 Å². The second-order valence-electron chi connectivity index (χ2n) is 9.95. The van der Waals surface area contributed by atoms with Crippen LogP contribution < -0.4 is 33.4 Å². The van der Waals surface area contributed by atoms with E-state index in [1.54, 1.807) is 0 Å². The van der Waals surface area contributed by atoms with Crippen LogP contribution in [0.15, 0.2) is 72.8 Å². The lowest BCUT2D eigenvalue weighted by molar-refractivity contribution is -0.646. The van der Waals surface area contributed by atoms with Gasteiger partial charge in [0.25, 0.3) is 0 Å². The van der Waals surface area contributed by atoms with Crippen LogP contribution in [-0.2, 0) is 13.6 Å². The molecular formula is C32H35IN4O. The van der Waals surface area contributed by atoms with Gasteiger partial charge in [0.2, 0.25) is 11.2 Å². The maximum atomic E-state index is 9.32. The Morgan fingerprint density at radius 1 is 0.816 bits per heavy atom. The maximum absolute atomic E-state index is 9.32. The lowest BCUT2D eigenvalue weighted by Gasteiger charge is -2.36. The Morgan fingerprint density at radius 2 is 1.53 bits per heavy atom. The van der Waals surface area contributed by atoms with Crippen molar-refractivity contribution in [2.45, 2.75) is 13.5 Å². The quantitative estimate of drug-likeness (QED) is 0.234. The first-order valence-corrected chi connectivity index (χ1v) is 13.4. The summed E-state index contributed by atoms with van der Waals surface area (Å²) in [6.07, 6.45) is 4.49. The molecule has 0 amide bonds. The summed E-state index contributed by atoms with van der Waals surface area (Å²) in [6, 6.07) is 26.5. The molecule has 2 aromatic heterocycles. The first-order chi connectivity index (χ1) is 18.2. The van der Waals surface area contributed by atoms with Crippen molar-refractivity contribution in [1.29, 1.82) is 0 Å². The summed E-state index contributed by atoms with van der Waals surface area (Å²) in [5.74, 6) is 0. The van der Waals surface area contributed by atoms with E-state index in [1.165, 1.54) is 49.7 Å². The second kappa shape index (κ2) is 11.4. The van der Waals surface area contributed by atoms with Crippen LogP contribution in [0.5, 0.6) is 0 Å². The number of anilines is 1. The summed E-state index contributed by atoms with van der Waals surface area (Å²) in [5.41, 5.74) is 7.50. The van der Waals surface area contributed by atoms with Crippen molar-refractivity contribution in [2.24, 2.45) is 7.05 Å². The highest BCUT2D eigenvalue weighted by Gasteiger charge is 2.22. The summed E-state index contributed by atoms with van der Waals surface area (Å²) in [5, 5.41) is 13.2. The number of aryl methyl sites for hydroxylation is 2. The van der Waals surface area contributed by atoms with Crippen LogP contribution in [-0.4, -0.2) is 53.9 Å². The molecule has 0 atom stereocenters. The Balaban J connectivity index is 0.00000294. The van der Waals surface area contributed by atoms with Crippen molar-refractivity contribution in [3.8, 4) is 0 Å². The topological polar surface area (TPSA) is 35.5 Å². The number of nitrogens with zero attached hydrogens (tertiary/aromatic N) is 4. The first kappa shape index (κ1) is 26.7. The zero-order chi connectivity index (χ0) is 25.4. The molecule has 1 aliphatic heterocycles. The average Bonchev–Trinajstić information content (AvgIpc) is 3.26. The third kappa shape index (κ3) is 4.81. The number of aliphatic hydroxyl groups excluding tert-OH is 1. The molecule has 6 rings (SSSR count). The number of para-hydroxylation sites is 2. The van der Waals surface area contributed by atoms with Crippen LogP contribution in [0.25, 0.3) is 44.9 Å².